The van der Waals surface area contributed by atoms with Crippen LogP contribution < -0.4 is 16.0 Å². The van der Waals surface area contributed by atoms with Crippen molar-refractivity contribution in [2.45, 2.75) is 134 Å². The van der Waals surface area contributed by atoms with Crippen molar-refractivity contribution in [3.05, 3.63) is 0 Å². The van der Waals surface area contributed by atoms with Gasteiger partial charge in [0.2, 0.25) is 17.7 Å². The lowest BCUT2D eigenvalue weighted by Gasteiger charge is -2.36. The quantitative estimate of drug-likeness (QED) is 0.551. The molecule has 33 heavy (non-hydrogen) atoms. The summed E-state index contributed by atoms with van der Waals surface area (Å²) in [6, 6.07) is 0.784. The average Bonchev–Trinajstić information content (AvgIpc) is 2.85. The molecular weight excluding hydrogens is 414 g/mol. The molecule has 4 fully saturated rings. The van der Waals surface area contributed by atoms with Crippen molar-refractivity contribution in [3.63, 3.8) is 0 Å². The average molecular weight is 460 g/mol. The van der Waals surface area contributed by atoms with Gasteiger partial charge < -0.3 is 16.0 Å². The maximum absolute atomic E-state index is 13.2. The van der Waals surface area contributed by atoms with Crippen molar-refractivity contribution in [3.8, 4) is 0 Å². The maximum atomic E-state index is 13.2. The smallest absolute Gasteiger partial charge is 0.223 e. The van der Waals surface area contributed by atoms with Gasteiger partial charge in [0.1, 0.15) is 0 Å². The second-order valence-corrected chi connectivity index (χ2v) is 11.3. The molecule has 0 aliphatic heterocycles. The van der Waals surface area contributed by atoms with Crippen LogP contribution in [0.5, 0.6) is 0 Å². The molecule has 0 unspecified atom stereocenters. The van der Waals surface area contributed by atoms with Gasteiger partial charge in [0, 0.05) is 35.9 Å². The molecule has 0 radical (unpaired) electrons. The Morgan fingerprint density at radius 1 is 0.394 bits per heavy atom. The highest BCUT2D eigenvalue weighted by molar-refractivity contribution is 5.86. The van der Waals surface area contributed by atoms with Crippen LogP contribution in [0.2, 0.25) is 0 Å². The molecule has 0 aromatic carbocycles. The summed E-state index contributed by atoms with van der Waals surface area (Å²) in [6.07, 6.45) is 18.8. The molecule has 6 nitrogen and oxygen atoms in total. The van der Waals surface area contributed by atoms with Gasteiger partial charge in [-0.25, -0.2) is 0 Å². The summed E-state index contributed by atoms with van der Waals surface area (Å²) in [5.74, 6) is -0.549. The van der Waals surface area contributed by atoms with Crippen LogP contribution in [-0.4, -0.2) is 35.8 Å². The molecule has 0 aromatic heterocycles. The van der Waals surface area contributed by atoms with Crippen molar-refractivity contribution in [2.75, 3.05) is 0 Å². The molecule has 0 spiro atoms. The Morgan fingerprint density at radius 2 is 0.636 bits per heavy atom. The van der Waals surface area contributed by atoms with Gasteiger partial charge in [0.25, 0.3) is 0 Å². The zero-order valence-electron chi connectivity index (χ0n) is 20.4. The van der Waals surface area contributed by atoms with Crippen molar-refractivity contribution in [1.82, 2.24) is 16.0 Å². The van der Waals surface area contributed by atoms with Gasteiger partial charge >= 0.3 is 0 Å². The van der Waals surface area contributed by atoms with Crippen molar-refractivity contribution < 1.29 is 14.4 Å². The van der Waals surface area contributed by atoms with Gasteiger partial charge in [-0.2, -0.15) is 0 Å². The lowest BCUT2D eigenvalue weighted by molar-refractivity contribution is -0.135. The lowest BCUT2D eigenvalue weighted by Crippen LogP contribution is -2.49. The highest BCUT2D eigenvalue weighted by Gasteiger charge is 2.40. The standard InChI is InChI=1S/C27H45N3O3/c31-25(28-22-10-4-1-5-11-22)19-16-20(26(32)29-23-12-6-2-7-13-23)18-21(17-19)27(33)30-24-14-8-3-9-15-24/h19-24H,1-18H2,(H,28,31)(H,29,32)(H,30,33). The van der Waals surface area contributed by atoms with Gasteiger partial charge in [-0.3, -0.25) is 14.4 Å². The van der Waals surface area contributed by atoms with E-state index < -0.39 is 0 Å². The Hall–Kier alpha value is -1.59. The summed E-state index contributed by atoms with van der Waals surface area (Å²) in [5.41, 5.74) is 0. The zero-order chi connectivity index (χ0) is 23.0. The van der Waals surface area contributed by atoms with Gasteiger partial charge in [-0.1, -0.05) is 57.8 Å². The summed E-state index contributed by atoms with van der Waals surface area (Å²) < 4.78 is 0. The third-order valence-electron chi connectivity index (χ3n) is 8.67. The predicted octanol–water partition coefficient (Wildman–Crippen LogP) is 4.37. The van der Waals surface area contributed by atoms with Crippen LogP contribution in [0.1, 0.15) is 116 Å². The normalized spacial score (nSPS) is 30.4. The second kappa shape index (κ2) is 12.2. The SMILES string of the molecule is O=C(NC1CCCCC1)C1CC(C(=O)NC2CCCCC2)CC(C(=O)NC2CCCCC2)C1. The molecule has 0 aromatic rings. The Bertz CT molecular complexity index is 567. The van der Waals surface area contributed by atoms with E-state index in [0.29, 0.717) is 19.3 Å². The Labute approximate surface area is 199 Å². The van der Waals surface area contributed by atoms with E-state index in [1.165, 1.54) is 57.8 Å². The van der Waals surface area contributed by atoms with Crippen LogP contribution in [0.25, 0.3) is 0 Å². The largest absolute Gasteiger partial charge is 0.353 e. The monoisotopic (exact) mass is 459 g/mol. The maximum Gasteiger partial charge on any atom is 0.223 e. The molecule has 4 aliphatic rings. The van der Waals surface area contributed by atoms with E-state index in [9.17, 15) is 14.4 Å². The summed E-state index contributed by atoms with van der Waals surface area (Å²) in [5, 5.41) is 9.80. The molecular formula is C27H45N3O3. The first-order valence-corrected chi connectivity index (χ1v) is 14.0. The van der Waals surface area contributed by atoms with E-state index in [0.717, 1.165) is 38.5 Å². The highest BCUT2D eigenvalue weighted by Crippen LogP contribution is 2.35. The number of hydrogen-bond acceptors (Lipinski definition) is 3. The van der Waals surface area contributed by atoms with Crippen molar-refractivity contribution in [2.24, 2.45) is 17.8 Å². The van der Waals surface area contributed by atoms with E-state index in [1.807, 2.05) is 0 Å². The van der Waals surface area contributed by atoms with Gasteiger partial charge in [0.15, 0.2) is 0 Å². The van der Waals surface area contributed by atoms with Crippen LogP contribution in [0.15, 0.2) is 0 Å². The van der Waals surface area contributed by atoms with Crippen LogP contribution >= 0.6 is 0 Å². The number of rotatable bonds is 6. The van der Waals surface area contributed by atoms with Crippen molar-refractivity contribution >= 4 is 17.7 Å². The van der Waals surface area contributed by atoms with Gasteiger partial charge in [-0.05, 0) is 57.8 Å². The molecule has 4 saturated carbocycles. The summed E-state index contributed by atoms with van der Waals surface area (Å²) in [6.45, 7) is 0. The van der Waals surface area contributed by atoms with Gasteiger partial charge in [0.05, 0.1) is 0 Å². The van der Waals surface area contributed by atoms with Crippen molar-refractivity contribution in [1.29, 1.82) is 0 Å². The van der Waals surface area contributed by atoms with E-state index >= 15 is 0 Å². The van der Waals surface area contributed by atoms with Crippen LogP contribution in [0, 0.1) is 17.8 Å². The lowest BCUT2D eigenvalue weighted by atomic mass is 9.73. The summed E-state index contributed by atoms with van der Waals surface area (Å²) in [7, 11) is 0. The van der Waals surface area contributed by atoms with E-state index in [2.05, 4.69) is 16.0 Å². The molecule has 6 heteroatoms. The topological polar surface area (TPSA) is 87.3 Å². The van der Waals surface area contributed by atoms with Crippen LogP contribution in [0.4, 0.5) is 0 Å². The molecule has 3 amide bonds. The minimum atomic E-state index is -0.245. The molecule has 4 rings (SSSR count). The minimum absolute atomic E-state index is 0.0625. The first-order chi connectivity index (χ1) is 16.1. The first-order valence-electron chi connectivity index (χ1n) is 14.0. The fraction of sp³-hybridized carbons (Fsp3) is 0.889. The zero-order valence-corrected chi connectivity index (χ0v) is 20.4. The molecule has 0 saturated heterocycles. The summed E-state index contributed by atoms with van der Waals surface area (Å²) >= 11 is 0. The molecule has 4 aliphatic carbocycles. The fourth-order valence-electron chi connectivity index (χ4n) is 6.66. The molecule has 0 bridgehead atoms. The number of carbonyl (C=O) groups excluding carboxylic acids is 3. The number of hydrogen-bond donors (Lipinski definition) is 3. The molecule has 0 heterocycles. The van der Waals surface area contributed by atoms with E-state index in [-0.39, 0.29) is 53.6 Å². The number of amides is 3. The van der Waals surface area contributed by atoms with E-state index in [1.54, 1.807) is 0 Å². The number of carbonyl (C=O) groups is 3. The summed E-state index contributed by atoms with van der Waals surface area (Å²) in [4.78, 5) is 39.6. The van der Waals surface area contributed by atoms with Crippen LogP contribution in [-0.2, 0) is 14.4 Å². The Kier molecular flexibility index (Phi) is 9.08. The molecule has 3 N–H and O–H groups in total. The predicted molar refractivity (Wildman–Crippen MR) is 129 cm³/mol. The fourth-order valence-corrected chi connectivity index (χ4v) is 6.66. The van der Waals surface area contributed by atoms with E-state index in [4.69, 9.17) is 0 Å². The molecule has 0 atom stereocenters. The third kappa shape index (κ3) is 7.19. The third-order valence-corrected chi connectivity index (χ3v) is 8.67. The van der Waals surface area contributed by atoms with Gasteiger partial charge in [-0.15, -0.1) is 0 Å². The second-order valence-electron chi connectivity index (χ2n) is 11.3. The first kappa shape index (κ1) is 24.5. The highest BCUT2D eigenvalue weighted by atomic mass is 16.2. The minimum Gasteiger partial charge on any atom is -0.353 e. The Balaban J connectivity index is 1.39. The van der Waals surface area contributed by atoms with Crippen LogP contribution in [0.3, 0.4) is 0 Å². The Morgan fingerprint density at radius 3 is 0.879 bits per heavy atom. The molecule has 186 valence electrons. The number of nitrogens with one attached hydrogen (secondary N) is 3.